The Labute approximate surface area is 113 Å². The van der Waals surface area contributed by atoms with Crippen LogP contribution in [0.15, 0.2) is 47.8 Å². The zero-order chi connectivity index (χ0) is 12.8. The second-order valence-electron chi connectivity index (χ2n) is 4.62. The highest BCUT2D eigenvalue weighted by Gasteiger charge is 2.12. The van der Waals surface area contributed by atoms with Gasteiger partial charge in [-0.25, -0.2) is 0 Å². The summed E-state index contributed by atoms with van der Waals surface area (Å²) in [5.74, 6) is 0.413. The minimum atomic E-state index is 0.413. The first-order valence-corrected chi connectivity index (χ1v) is 7.13. The first-order valence-electron chi connectivity index (χ1n) is 6.25. The van der Waals surface area contributed by atoms with Gasteiger partial charge in [0.25, 0.3) is 0 Å². The monoisotopic (exact) mass is 260 g/mol. The van der Waals surface area contributed by atoms with E-state index in [1.54, 1.807) is 0 Å². The summed E-state index contributed by atoms with van der Waals surface area (Å²) in [6, 6.07) is 14.8. The van der Waals surface area contributed by atoms with Crippen LogP contribution < -0.4 is 5.73 Å². The Bertz CT molecular complexity index is 439. The van der Waals surface area contributed by atoms with Crippen LogP contribution in [-0.4, -0.2) is 25.0 Å². The fourth-order valence-corrected chi connectivity index (χ4v) is 2.93. The maximum atomic E-state index is 5.90. The minimum Gasteiger partial charge on any atom is -0.330 e. The van der Waals surface area contributed by atoms with Crippen LogP contribution in [0.4, 0.5) is 0 Å². The Morgan fingerprint density at radius 2 is 1.94 bits per heavy atom. The number of hydrogen-bond acceptors (Lipinski definition) is 3. The van der Waals surface area contributed by atoms with Crippen molar-refractivity contribution in [2.24, 2.45) is 5.73 Å². The first-order chi connectivity index (χ1) is 8.79. The number of hydrogen-bond donors (Lipinski definition) is 1. The van der Waals surface area contributed by atoms with E-state index in [-0.39, 0.29) is 0 Å². The maximum Gasteiger partial charge on any atom is 0.0325 e. The molecule has 96 valence electrons. The van der Waals surface area contributed by atoms with Gasteiger partial charge in [-0.05, 0) is 24.1 Å². The molecule has 0 aliphatic heterocycles. The van der Waals surface area contributed by atoms with E-state index in [2.05, 4.69) is 53.7 Å². The van der Waals surface area contributed by atoms with Gasteiger partial charge in [0.2, 0.25) is 0 Å². The summed E-state index contributed by atoms with van der Waals surface area (Å²) in [6.07, 6.45) is 0. The second-order valence-corrected chi connectivity index (χ2v) is 5.65. The molecule has 0 spiro atoms. The van der Waals surface area contributed by atoms with E-state index < -0.39 is 0 Å². The normalized spacial score (nSPS) is 12.8. The van der Waals surface area contributed by atoms with Gasteiger partial charge in [0.1, 0.15) is 0 Å². The molecule has 0 radical (unpaired) electrons. The number of benzene rings is 1. The molecule has 3 heteroatoms. The SMILES string of the molecule is CN(Cc1cccs1)CC(CN)c1ccccc1. The first kappa shape index (κ1) is 13.3. The van der Waals surface area contributed by atoms with Crippen molar-refractivity contribution >= 4 is 11.3 Å². The van der Waals surface area contributed by atoms with Gasteiger partial charge in [-0.3, -0.25) is 0 Å². The van der Waals surface area contributed by atoms with Crippen LogP contribution in [0.25, 0.3) is 0 Å². The Morgan fingerprint density at radius 3 is 2.56 bits per heavy atom. The Kier molecular flexibility index (Phi) is 4.93. The van der Waals surface area contributed by atoms with Gasteiger partial charge in [0, 0.05) is 30.4 Å². The summed E-state index contributed by atoms with van der Waals surface area (Å²) >= 11 is 1.81. The molecule has 2 rings (SSSR count). The Balaban J connectivity index is 1.94. The predicted molar refractivity (Wildman–Crippen MR) is 78.9 cm³/mol. The molecule has 1 atom stereocenters. The van der Waals surface area contributed by atoms with Crippen molar-refractivity contribution < 1.29 is 0 Å². The number of rotatable bonds is 6. The summed E-state index contributed by atoms with van der Waals surface area (Å²) < 4.78 is 0. The van der Waals surface area contributed by atoms with Crippen LogP contribution >= 0.6 is 11.3 Å². The standard InChI is InChI=1S/C15H20N2S/c1-17(12-15-8-5-9-18-15)11-14(10-16)13-6-3-2-4-7-13/h2-9,14H,10-12,16H2,1H3. The quantitative estimate of drug-likeness (QED) is 0.865. The highest BCUT2D eigenvalue weighted by molar-refractivity contribution is 7.09. The molecule has 0 fully saturated rings. The molecule has 2 aromatic rings. The summed E-state index contributed by atoms with van der Waals surface area (Å²) in [7, 11) is 2.16. The average Bonchev–Trinajstić information content (AvgIpc) is 2.90. The molecular formula is C15H20N2S. The van der Waals surface area contributed by atoms with Crippen LogP contribution in [0.2, 0.25) is 0 Å². The molecule has 2 nitrogen and oxygen atoms in total. The molecule has 0 amide bonds. The van der Waals surface area contributed by atoms with Crippen LogP contribution in [-0.2, 0) is 6.54 Å². The number of nitrogens with zero attached hydrogens (tertiary/aromatic N) is 1. The van der Waals surface area contributed by atoms with Gasteiger partial charge in [0.05, 0.1) is 0 Å². The average molecular weight is 260 g/mol. The maximum absolute atomic E-state index is 5.90. The van der Waals surface area contributed by atoms with Crippen molar-refractivity contribution in [2.45, 2.75) is 12.5 Å². The molecular weight excluding hydrogens is 240 g/mol. The minimum absolute atomic E-state index is 0.413. The second kappa shape index (κ2) is 6.69. The van der Waals surface area contributed by atoms with E-state index >= 15 is 0 Å². The number of nitrogens with two attached hydrogens (primary N) is 1. The topological polar surface area (TPSA) is 29.3 Å². The fraction of sp³-hybridized carbons (Fsp3) is 0.333. The lowest BCUT2D eigenvalue weighted by molar-refractivity contribution is 0.307. The molecule has 18 heavy (non-hydrogen) atoms. The number of likely N-dealkylation sites (N-methyl/N-ethyl adjacent to an activating group) is 1. The zero-order valence-electron chi connectivity index (χ0n) is 10.8. The van der Waals surface area contributed by atoms with Gasteiger partial charge in [0.15, 0.2) is 0 Å². The third kappa shape index (κ3) is 3.67. The Morgan fingerprint density at radius 1 is 1.17 bits per heavy atom. The van der Waals surface area contributed by atoms with Crippen LogP contribution in [0.3, 0.4) is 0 Å². The van der Waals surface area contributed by atoms with E-state index in [0.29, 0.717) is 12.5 Å². The number of thiophene rings is 1. The van der Waals surface area contributed by atoms with E-state index in [4.69, 9.17) is 5.73 Å². The van der Waals surface area contributed by atoms with E-state index in [1.807, 2.05) is 17.4 Å². The van der Waals surface area contributed by atoms with Crippen molar-refractivity contribution in [3.8, 4) is 0 Å². The molecule has 0 aliphatic rings. The van der Waals surface area contributed by atoms with Crippen LogP contribution in [0, 0.1) is 0 Å². The van der Waals surface area contributed by atoms with Gasteiger partial charge >= 0.3 is 0 Å². The zero-order valence-corrected chi connectivity index (χ0v) is 11.6. The molecule has 1 unspecified atom stereocenters. The largest absolute Gasteiger partial charge is 0.330 e. The van der Waals surface area contributed by atoms with Crippen molar-refractivity contribution in [1.29, 1.82) is 0 Å². The van der Waals surface area contributed by atoms with Gasteiger partial charge in [-0.1, -0.05) is 36.4 Å². The highest BCUT2D eigenvalue weighted by Crippen LogP contribution is 2.17. The third-order valence-electron chi connectivity index (χ3n) is 3.09. The van der Waals surface area contributed by atoms with E-state index in [1.165, 1.54) is 10.4 Å². The highest BCUT2D eigenvalue weighted by atomic mass is 32.1. The predicted octanol–water partition coefficient (Wildman–Crippen LogP) is 2.92. The molecule has 2 N–H and O–H groups in total. The molecule has 1 heterocycles. The van der Waals surface area contributed by atoms with Crippen molar-refractivity contribution in [3.05, 3.63) is 58.3 Å². The van der Waals surface area contributed by atoms with Gasteiger partial charge in [-0.15, -0.1) is 11.3 Å². The van der Waals surface area contributed by atoms with Gasteiger partial charge < -0.3 is 10.6 Å². The molecule has 1 aromatic carbocycles. The summed E-state index contributed by atoms with van der Waals surface area (Å²) in [5, 5.41) is 2.13. The van der Waals surface area contributed by atoms with E-state index in [0.717, 1.165) is 13.1 Å². The molecule has 0 saturated carbocycles. The van der Waals surface area contributed by atoms with Crippen molar-refractivity contribution in [2.75, 3.05) is 20.1 Å². The van der Waals surface area contributed by atoms with Crippen molar-refractivity contribution in [3.63, 3.8) is 0 Å². The molecule has 0 bridgehead atoms. The van der Waals surface area contributed by atoms with Crippen LogP contribution in [0.1, 0.15) is 16.4 Å². The lowest BCUT2D eigenvalue weighted by Crippen LogP contribution is -2.28. The van der Waals surface area contributed by atoms with E-state index in [9.17, 15) is 0 Å². The summed E-state index contributed by atoms with van der Waals surface area (Å²) in [5.41, 5.74) is 7.23. The lowest BCUT2D eigenvalue weighted by atomic mass is 9.99. The smallest absolute Gasteiger partial charge is 0.0325 e. The molecule has 1 aromatic heterocycles. The molecule has 0 aliphatic carbocycles. The van der Waals surface area contributed by atoms with Crippen LogP contribution in [0.5, 0.6) is 0 Å². The molecule has 0 saturated heterocycles. The summed E-state index contributed by atoms with van der Waals surface area (Å²) in [4.78, 5) is 3.75. The van der Waals surface area contributed by atoms with Crippen molar-refractivity contribution in [1.82, 2.24) is 4.90 Å². The summed E-state index contributed by atoms with van der Waals surface area (Å²) in [6.45, 7) is 2.69. The fourth-order valence-electron chi connectivity index (χ4n) is 2.15. The third-order valence-corrected chi connectivity index (χ3v) is 3.95. The van der Waals surface area contributed by atoms with Gasteiger partial charge in [-0.2, -0.15) is 0 Å². The lowest BCUT2D eigenvalue weighted by Gasteiger charge is -2.23. The Hall–Kier alpha value is -1.16.